The lowest BCUT2D eigenvalue weighted by Gasteiger charge is -2.26. The minimum absolute atomic E-state index is 0.0458. The number of esters is 1. The van der Waals surface area contributed by atoms with Crippen LogP contribution >= 0.6 is 0 Å². The Morgan fingerprint density at radius 1 is 0.833 bits per heavy atom. The molecule has 5 nitrogen and oxygen atoms in total. The molecule has 0 aromatic carbocycles. The maximum Gasteiger partial charge on any atom is 0.305 e. The lowest BCUT2D eigenvalue weighted by molar-refractivity contribution is -0.140. The van der Waals surface area contributed by atoms with Crippen molar-refractivity contribution in [3.8, 4) is 0 Å². The molecule has 3 atom stereocenters. The Morgan fingerprint density at radius 3 is 2.03 bits per heavy atom. The number of hydrogen-bond acceptors (Lipinski definition) is 5. The predicted molar refractivity (Wildman–Crippen MR) is 127 cm³/mol. The third kappa shape index (κ3) is 16.1. The fourth-order valence-corrected chi connectivity index (χ4v) is 4.60. The van der Waals surface area contributed by atoms with Gasteiger partial charge in [-0.05, 0) is 38.9 Å². The SMILES string of the molecule is CCCCC[C@@H](/C=C/C(OC)C(CCCCCCCC(=O)OC)OC)O[Si](C)(C)C. The first-order chi connectivity index (χ1) is 14.3. The van der Waals surface area contributed by atoms with Crippen LogP contribution in [0.5, 0.6) is 0 Å². The van der Waals surface area contributed by atoms with Crippen LogP contribution in [0.1, 0.15) is 77.6 Å². The van der Waals surface area contributed by atoms with Crippen LogP contribution in [0.15, 0.2) is 12.2 Å². The van der Waals surface area contributed by atoms with Crippen molar-refractivity contribution in [3.63, 3.8) is 0 Å². The van der Waals surface area contributed by atoms with Crippen molar-refractivity contribution in [2.45, 2.75) is 116 Å². The summed E-state index contributed by atoms with van der Waals surface area (Å²) in [6.45, 7) is 8.95. The van der Waals surface area contributed by atoms with E-state index in [0.717, 1.165) is 44.9 Å². The number of methoxy groups -OCH3 is 3. The molecule has 0 saturated heterocycles. The van der Waals surface area contributed by atoms with Gasteiger partial charge in [0, 0.05) is 20.6 Å². The van der Waals surface area contributed by atoms with Gasteiger partial charge in [0.1, 0.15) is 6.10 Å². The van der Waals surface area contributed by atoms with Gasteiger partial charge < -0.3 is 18.6 Å². The maximum atomic E-state index is 11.1. The van der Waals surface area contributed by atoms with Gasteiger partial charge >= 0.3 is 5.97 Å². The number of ether oxygens (including phenoxy) is 3. The Kier molecular flexibility index (Phi) is 17.5. The Hall–Kier alpha value is -0.693. The monoisotopic (exact) mass is 444 g/mol. The molecule has 0 fully saturated rings. The van der Waals surface area contributed by atoms with Crippen molar-refractivity contribution in [2.24, 2.45) is 0 Å². The van der Waals surface area contributed by atoms with Crippen molar-refractivity contribution in [1.82, 2.24) is 0 Å². The second-order valence-electron chi connectivity index (χ2n) is 9.01. The molecule has 2 unspecified atom stereocenters. The van der Waals surface area contributed by atoms with Gasteiger partial charge in [-0.1, -0.05) is 64.0 Å². The molecule has 0 aliphatic carbocycles. The molecule has 0 aromatic rings. The first-order valence-corrected chi connectivity index (χ1v) is 15.2. The van der Waals surface area contributed by atoms with E-state index in [0.29, 0.717) is 6.42 Å². The van der Waals surface area contributed by atoms with Gasteiger partial charge in [-0.15, -0.1) is 0 Å². The predicted octanol–water partition coefficient (Wildman–Crippen LogP) is 6.28. The first kappa shape index (κ1) is 29.3. The maximum absolute atomic E-state index is 11.1. The van der Waals surface area contributed by atoms with Gasteiger partial charge in [0.2, 0.25) is 0 Å². The second kappa shape index (κ2) is 17.9. The van der Waals surface area contributed by atoms with Crippen LogP contribution in [0, 0.1) is 0 Å². The average molecular weight is 445 g/mol. The molecule has 0 spiro atoms. The summed E-state index contributed by atoms with van der Waals surface area (Å²) in [4.78, 5) is 11.1. The molecule has 0 amide bonds. The molecule has 0 heterocycles. The van der Waals surface area contributed by atoms with Crippen LogP contribution < -0.4 is 0 Å². The first-order valence-electron chi connectivity index (χ1n) is 11.8. The summed E-state index contributed by atoms with van der Waals surface area (Å²) >= 11 is 0. The zero-order valence-electron chi connectivity index (χ0n) is 20.7. The fourth-order valence-electron chi connectivity index (χ4n) is 3.50. The van der Waals surface area contributed by atoms with Crippen molar-refractivity contribution in [1.29, 1.82) is 0 Å². The number of carbonyl (C=O) groups excluding carboxylic acids is 1. The van der Waals surface area contributed by atoms with E-state index in [2.05, 4.69) is 43.5 Å². The van der Waals surface area contributed by atoms with E-state index in [-0.39, 0.29) is 24.3 Å². The quantitative estimate of drug-likeness (QED) is 0.102. The summed E-state index contributed by atoms with van der Waals surface area (Å²) in [5.74, 6) is -0.115. The lowest BCUT2D eigenvalue weighted by atomic mass is 10.0. The molecule has 0 N–H and O–H groups in total. The zero-order chi connectivity index (χ0) is 22.8. The standard InChI is InChI=1S/C24H48O5Si/c1-8-9-13-16-21(29-30(5,6)7)19-20-23(27-3)22(26-2)17-14-11-10-12-15-18-24(25)28-4/h19-23H,8-18H2,1-7H3/b20-19+/t21-,22?,23?/m0/s1. The van der Waals surface area contributed by atoms with Crippen molar-refractivity contribution >= 4 is 14.3 Å². The number of rotatable bonds is 19. The summed E-state index contributed by atoms with van der Waals surface area (Å²) < 4.78 is 22.5. The van der Waals surface area contributed by atoms with E-state index < -0.39 is 8.32 Å². The van der Waals surface area contributed by atoms with E-state index in [1.54, 1.807) is 14.2 Å². The normalized spacial score (nSPS) is 15.3. The molecule has 6 heteroatoms. The van der Waals surface area contributed by atoms with Crippen molar-refractivity contribution < 1.29 is 23.4 Å². The van der Waals surface area contributed by atoms with Crippen molar-refractivity contribution in [2.75, 3.05) is 21.3 Å². The third-order valence-corrected chi connectivity index (χ3v) is 6.16. The number of unbranched alkanes of at least 4 members (excludes halogenated alkanes) is 6. The second-order valence-corrected chi connectivity index (χ2v) is 13.5. The van der Waals surface area contributed by atoms with Crippen LogP contribution in [-0.4, -0.2) is 53.9 Å². The number of hydrogen-bond donors (Lipinski definition) is 0. The Morgan fingerprint density at radius 2 is 1.47 bits per heavy atom. The molecular weight excluding hydrogens is 396 g/mol. The molecule has 0 bridgehead atoms. The van der Waals surface area contributed by atoms with Crippen LogP contribution in [0.25, 0.3) is 0 Å². The van der Waals surface area contributed by atoms with E-state index in [9.17, 15) is 4.79 Å². The molecule has 30 heavy (non-hydrogen) atoms. The molecule has 0 saturated carbocycles. The third-order valence-electron chi connectivity index (χ3n) is 5.15. The highest BCUT2D eigenvalue weighted by Gasteiger charge is 2.22. The molecule has 0 radical (unpaired) electrons. The van der Waals surface area contributed by atoms with Crippen molar-refractivity contribution in [3.05, 3.63) is 12.2 Å². The highest BCUT2D eigenvalue weighted by molar-refractivity contribution is 6.69. The Balaban J connectivity index is 4.50. The van der Waals surface area contributed by atoms with Crippen LogP contribution in [0.2, 0.25) is 19.6 Å². The van der Waals surface area contributed by atoms with E-state index in [4.69, 9.17) is 13.9 Å². The molecule has 0 aliphatic heterocycles. The highest BCUT2D eigenvalue weighted by atomic mass is 28.4. The van der Waals surface area contributed by atoms with E-state index >= 15 is 0 Å². The van der Waals surface area contributed by atoms with Crippen LogP contribution in [0.4, 0.5) is 0 Å². The van der Waals surface area contributed by atoms with Gasteiger partial charge in [0.05, 0.1) is 19.3 Å². The van der Waals surface area contributed by atoms with Gasteiger partial charge in [-0.2, -0.15) is 0 Å². The summed E-state index contributed by atoms with van der Waals surface area (Å²) in [5.41, 5.74) is 0. The zero-order valence-corrected chi connectivity index (χ0v) is 21.7. The Bertz CT molecular complexity index is 447. The summed E-state index contributed by atoms with van der Waals surface area (Å²) in [6, 6.07) is 0. The fraction of sp³-hybridized carbons (Fsp3) is 0.875. The van der Waals surface area contributed by atoms with Crippen LogP contribution in [0.3, 0.4) is 0 Å². The average Bonchev–Trinajstić information content (AvgIpc) is 2.70. The smallest absolute Gasteiger partial charge is 0.305 e. The molecule has 0 aliphatic rings. The van der Waals surface area contributed by atoms with Gasteiger partial charge in [-0.3, -0.25) is 4.79 Å². The van der Waals surface area contributed by atoms with E-state index in [1.165, 1.54) is 26.4 Å². The minimum Gasteiger partial charge on any atom is -0.469 e. The minimum atomic E-state index is -1.60. The van der Waals surface area contributed by atoms with Gasteiger partial charge in [-0.25, -0.2) is 0 Å². The van der Waals surface area contributed by atoms with Gasteiger partial charge in [0.25, 0.3) is 0 Å². The summed E-state index contributed by atoms with van der Waals surface area (Å²) in [5, 5.41) is 0. The summed E-state index contributed by atoms with van der Waals surface area (Å²) in [6.07, 6.45) is 16.0. The molecule has 178 valence electrons. The molecular formula is C24H48O5Si. The Labute approximate surface area is 187 Å². The largest absolute Gasteiger partial charge is 0.469 e. The topological polar surface area (TPSA) is 54.0 Å². The molecule has 0 aromatic heterocycles. The molecule has 0 rings (SSSR count). The highest BCUT2D eigenvalue weighted by Crippen LogP contribution is 2.18. The summed E-state index contributed by atoms with van der Waals surface area (Å²) in [7, 11) is 3.36. The van der Waals surface area contributed by atoms with E-state index in [1.807, 2.05) is 0 Å². The lowest BCUT2D eigenvalue weighted by Crippen LogP contribution is -2.32. The van der Waals surface area contributed by atoms with Crippen LogP contribution in [-0.2, 0) is 23.4 Å². The van der Waals surface area contributed by atoms with Gasteiger partial charge in [0.15, 0.2) is 8.32 Å². The number of carbonyl (C=O) groups is 1.